The Balaban J connectivity index is 2.37. The molecule has 1 rings (SSSR count). The summed E-state index contributed by atoms with van der Waals surface area (Å²) < 4.78 is 5.43. The summed E-state index contributed by atoms with van der Waals surface area (Å²) in [6, 6.07) is 7.00. The Kier molecular flexibility index (Phi) is 6.60. The third-order valence-electron chi connectivity index (χ3n) is 2.54. The number of rotatable bonds is 9. The summed E-state index contributed by atoms with van der Waals surface area (Å²) in [6.07, 6.45) is 1.25. The fourth-order valence-electron chi connectivity index (χ4n) is 1.55. The first-order valence-corrected chi connectivity index (χ1v) is 6.41. The Labute approximate surface area is 112 Å². The number of aliphatic carboxylic acids is 1. The van der Waals surface area contributed by atoms with Gasteiger partial charge in [0.1, 0.15) is 12.3 Å². The minimum Gasteiger partial charge on any atom is -0.544 e. The molecule has 5 heteroatoms. The van der Waals surface area contributed by atoms with Gasteiger partial charge in [0.05, 0.1) is 25.5 Å². The number of carboxylic acids is 1. The van der Waals surface area contributed by atoms with E-state index >= 15 is 0 Å². The van der Waals surface area contributed by atoms with Crippen LogP contribution in [0, 0.1) is 0 Å². The zero-order valence-electron chi connectivity index (χ0n) is 11.1. The molecular formula is C14H19NO4. The summed E-state index contributed by atoms with van der Waals surface area (Å²) >= 11 is 0. The number of carbonyl (C=O) groups is 2. The fourth-order valence-corrected chi connectivity index (χ4v) is 1.55. The molecule has 0 saturated heterocycles. The van der Waals surface area contributed by atoms with Crippen molar-refractivity contribution in [1.29, 1.82) is 0 Å². The van der Waals surface area contributed by atoms with Crippen molar-refractivity contribution in [2.75, 3.05) is 19.7 Å². The van der Waals surface area contributed by atoms with E-state index in [-0.39, 0.29) is 12.3 Å². The Hall–Kier alpha value is -1.88. The summed E-state index contributed by atoms with van der Waals surface area (Å²) in [5.41, 5.74) is 0.616. The van der Waals surface area contributed by atoms with Crippen LogP contribution in [0.2, 0.25) is 0 Å². The quantitative estimate of drug-likeness (QED) is 0.475. The molecule has 0 aromatic heterocycles. The van der Waals surface area contributed by atoms with Gasteiger partial charge in [0, 0.05) is 5.56 Å². The minimum atomic E-state index is -1.12. The molecule has 0 atom stereocenters. The maximum Gasteiger partial charge on any atom is 0.168 e. The first-order chi connectivity index (χ1) is 9.13. The van der Waals surface area contributed by atoms with Crippen molar-refractivity contribution < 1.29 is 24.7 Å². The summed E-state index contributed by atoms with van der Waals surface area (Å²) in [6.45, 7) is 3.02. The summed E-state index contributed by atoms with van der Waals surface area (Å²) in [5.74, 6) is -0.372. The molecule has 0 aliphatic carbocycles. The van der Waals surface area contributed by atoms with Gasteiger partial charge in [0.15, 0.2) is 5.78 Å². The predicted octanol–water partition coefficient (Wildman–Crippen LogP) is -0.638. The van der Waals surface area contributed by atoms with Gasteiger partial charge in [0.2, 0.25) is 0 Å². The molecule has 1 aromatic carbocycles. The third-order valence-corrected chi connectivity index (χ3v) is 2.54. The van der Waals surface area contributed by atoms with E-state index in [2.05, 4.69) is 0 Å². The van der Waals surface area contributed by atoms with Gasteiger partial charge < -0.3 is 20.0 Å². The lowest BCUT2D eigenvalue weighted by atomic mass is 10.1. The Morgan fingerprint density at radius 2 is 1.95 bits per heavy atom. The number of Topliss-reactive ketones (excluding diaryl/α,β-unsaturated/α-hetero) is 1. The normalized spacial score (nSPS) is 10.2. The standard InChI is InChI=1S/C14H19NO4/c1-2-9-19-12-5-3-11(4-6-12)13(16)7-8-15-10-14(17)18/h3-6,15H,2,7-10H2,1H3,(H,17,18). The van der Waals surface area contributed by atoms with Crippen LogP contribution < -0.4 is 15.2 Å². The molecule has 0 radical (unpaired) electrons. The number of ether oxygens (including phenoxy) is 1. The number of carboxylic acid groups (broad SMARTS) is 1. The highest BCUT2D eigenvalue weighted by molar-refractivity contribution is 5.96. The van der Waals surface area contributed by atoms with Crippen LogP contribution in [-0.2, 0) is 4.79 Å². The molecule has 0 aliphatic heterocycles. The van der Waals surface area contributed by atoms with Crippen LogP contribution >= 0.6 is 0 Å². The second-order valence-corrected chi connectivity index (χ2v) is 4.20. The zero-order chi connectivity index (χ0) is 14.1. The Morgan fingerprint density at radius 3 is 2.53 bits per heavy atom. The van der Waals surface area contributed by atoms with Gasteiger partial charge >= 0.3 is 0 Å². The number of carbonyl (C=O) groups excluding carboxylic acids is 2. The van der Waals surface area contributed by atoms with Gasteiger partial charge in [-0.2, -0.15) is 0 Å². The van der Waals surface area contributed by atoms with Gasteiger partial charge in [-0.3, -0.25) is 4.79 Å². The molecule has 19 heavy (non-hydrogen) atoms. The van der Waals surface area contributed by atoms with E-state index in [1.54, 1.807) is 29.6 Å². The minimum absolute atomic E-state index is 0.00311. The van der Waals surface area contributed by atoms with Crippen molar-refractivity contribution >= 4 is 11.8 Å². The van der Waals surface area contributed by atoms with Crippen molar-refractivity contribution in [3.63, 3.8) is 0 Å². The monoisotopic (exact) mass is 265 g/mol. The van der Waals surface area contributed by atoms with Crippen molar-refractivity contribution in [3.8, 4) is 5.75 Å². The largest absolute Gasteiger partial charge is 0.544 e. The van der Waals surface area contributed by atoms with Crippen LogP contribution in [0.1, 0.15) is 30.1 Å². The average Bonchev–Trinajstić information content (AvgIpc) is 2.41. The highest BCUT2D eigenvalue weighted by atomic mass is 16.5. The SMILES string of the molecule is CCCOc1ccc(C(=O)CC[NH2+]CC(=O)[O-])cc1. The second-order valence-electron chi connectivity index (χ2n) is 4.20. The lowest BCUT2D eigenvalue weighted by Gasteiger charge is -2.05. The van der Waals surface area contributed by atoms with Gasteiger partial charge in [-0.15, -0.1) is 0 Å². The molecule has 0 spiro atoms. The average molecular weight is 265 g/mol. The molecule has 0 heterocycles. The number of hydrogen-bond acceptors (Lipinski definition) is 4. The van der Waals surface area contributed by atoms with E-state index in [0.717, 1.165) is 12.2 Å². The molecule has 0 bridgehead atoms. The Morgan fingerprint density at radius 1 is 1.26 bits per heavy atom. The highest BCUT2D eigenvalue weighted by Gasteiger charge is 2.06. The van der Waals surface area contributed by atoms with Gasteiger partial charge in [-0.25, -0.2) is 0 Å². The molecule has 5 nitrogen and oxygen atoms in total. The van der Waals surface area contributed by atoms with Crippen LogP contribution in [-0.4, -0.2) is 31.4 Å². The van der Waals surface area contributed by atoms with E-state index in [1.807, 2.05) is 6.92 Å². The zero-order valence-corrected chi connectivity index (χ0v) is 11.1. The van der Waals surface area contributed by atoms with E-state index in [1.165, 1.54) is 0 Å². The van der Waals surface area contributed by atoms with Crippen molar-refractivity contribution in [2.45, 2.75) is 19.8 Å². The summed E-state index contributed by atoms with van der Waals surface area (Å²) in [4.78, 5) is 22.0. The van der Waals surface area contributed by atoms with Gasteiger partial charge in [0.25, 0.3) is 0 Å². The van der Waals surface area contributed by atoms with Crippen LogP contribution in [0.5, 0.6) is 5.75 Å². The molecule has 0 aliphatic rings. The molecule has 0 unspecified atom stereocenters. The fraction of sp³-hybridized carbons (Fsp3) is 0.429. The van der Waals surface area contributed by atoms with Crippen molar-refractivity contribution in [2.24, 2.45) is 0 Å². The molecule has 1 aromatic rings. The maximum absolute atomic E-state index is 11.8. The molecule has 0 fully saturated rings. The first-order valence-electron chi connectivity index (χ1n) is 6.41. The molecule has 2 N–H and O–H groups in total. The van der Waals surface area contributed by atoms with Crippen molar-refractivity contribution in [1.82, 2.24) is 0 Å². The topological polar surface area (TPSA) is 83.0 Å². The number of nitrogens with two attached hydrogens (primary N) is 1. The molecule has 104 valence electrons. The van der Waals surface area contributed by atoms with Gasteiger partial charge in [-0.1, -0.05) is 6.92 Å². The maximum atomic E-state index is 11.8. The van der Waals surface area contributed by atoms with Crippen LogP contribution in [0.4, 0.5) is 0 Å². The first kappa shape index (κ1) is 15.2. The van der Waals surface area contributed by atoms with Crippen LogP contribution in [0.15, 0.2) is 24.3 Å². The van der Waals surface area contributed by atoms with Crippen molar-refractivity contribution in [3.05, 3.63) is 29.8 Å². The molecule has 0 amide bonds. The predicted molar refractivity (Wildman–Crippen MR) is 67.8 cm³/mol. The van der Waals surface area contributed by atoms with E-state index in [0.29, 0.717) is 25.1 Å². The lowest BCUT2D eigenvalue weighted by molar-refractivity contribution is -0.649. The smallest absolute Gasteiger partial charge is 0.168 e. The molecule has 0 saturated carbocycles. The number of benzene rings is 1. The van der Waals surface area contributed by atoms with E-state index in [4.69, 9.17) is 4.74 Å². The molecular weight excluding hydrogens is 246 g/mol. The highest BCUT2D eigenvalue weighted by Crippen LogP contribution is 2.13. The second kappa shape index (κ2) is 8.26. The Bertz CT molecular complexity index is 414. The van der Waals surface area contributed by atoms with Gasteiger partial charge in [-0.05, 0) is 30.7 Å². The number of ketones is 1. The lowest BCUT2D eigenvalue weighted by Crippen LogP contribution is -2.87. The van der Waals surface area contributed by atoms with Crippen LogP contribution in [0.3, 0.4) is 0 Å². The van der Waals surface area contributed by atoms with E-state index in [9.17, 15) is 14.7 Å². The number of hydrogen-bond donors (Lipinski definition) is 1. The number of quaternary nitrogens is 1. The summed E-state index contributed by atoms with van der Waals surface area (Å²) in [5, 5.41) is 11.7. The summed E-state index contributed by atoms with van der Waals surface area (Å²) in [7, 11) is 0. The van der Waals surface area contributed by atoms with E-state index < -0.39 is 5.97 Å². The van der Waals surface area contributed by atoms with Crippen LogP contribution in [0.25, 0.3) is 0 Å². The third kappa shape index (κ3) is 6.01.